The smallest absolute Gasteiger partial charge is 0.312 e. The lowest BCUT2D eigenvalue weighted by Gasteiger charge is -1.76. The number of rotatable bonds is 1. The highest BCUT2D eigenvalue weighted by molar-refractivity contribution is 6.14. The molecule has 0 radical (unpaired) electrons. The molecular weight excluding hydrogens is 110 g/mol. The van der Waals surface area contributed by atoms with Crippen LogP contribution in [0.4, 0.5) is 0 Å². The summed E-state index contributed by atoms with van der Waals surface area (Å²) in [4.78, 5) is 9.94. The van der Waals surface area contributed by atoms with E-state index in [1.807, 2.05) is 0 Å². The Hall–Kier alpha value is -1.06. The standard InChI is InChI=1S/C4H5NO3/c6-4(7)2-1-3(2)5-8/h2,8H,1H2,(H,6,7)/b5-3+. The van der Waals surface area contributed by atoms with Crippen molar-refractivity contribution in [3.05, 3.63) is 0 Å². The predicted molar refractivity (Wildman–Crippen MR) is 25.0 cm³/mol. The van der Waals surface area contributed by atoms with Gasteiger partial charge in [-0.3, -0.25) is 4.79 Å². The van der Waals surface area contributed by atoms with Crippen molar-refractivity contribution >= 4 is 11.7 Å². The van der Waals surface area contributed by atoms with Crippen molar-refractivity contribution in [2.75, 3.05) is 0 Å². The van der Waals surface area contributed by atoms with Gasteiger partial charge in [0.2, 0.25) is 0 Å². The zero-order chi connectivity index (χ0) is 6.15. The van der Waals surface area contributed by atoms with Gasteiger partial charge in [0.1, 0.15) is 5.92 Å². The molecule has 0 spiro atoms. The van der Waals surface area contributed by atoms with Crippen molar-refractivity contribution in [2.45, 2.75) is 6.42 Å². The second kappa shape index (κ2) is 1.47. The normalized spacial score (nSPS) is 30.5. The Morgan fingerprint density at radius 1 is 1.88 bits per heavy atom. The molecule has 0 heterocycles. The van der Waals surface area contributed by atoms with Crippen LogP contribution in [0.2, 0.25) is 0 Å². The Balaban J connectivity index is 2.49. The van der Waals surface area contributed by atoms with Gasteiger partial charge in [0, 0.05) is 6.42 Å². The van der Waals surface area contributed by atoms with E-state index in [-0.39, 0.29) is 0 Å². The van der Waals surface area contributed by atoms with Crippen molar-refractivity contribution < 1.29 is 15.1 Å². The molecule has 1 rings (SSSR count). The third kappa shape index (κ3) is 0.641. The molecule has 1 aliphatic rings. The van der Waals surface area contributed by atoms with Gasteiger partial charge in [-0.2, -0.15) is 0 Å². The summed E-state index contributed by atoms with van der Waals surface area (Å²) >= 11 is 0. The molecule has 8 heavy (non-hydrogen) atoms. The molecule has 1 unspecified atom stereocenters. The maximum absolute atomic E-state index is 9.94. The summed E-state index contributed by atoms with van der Waals surface area (Å²) in [6.45, 7) is 0. The van der Waals surface area contributed by atoms with Gasteiger partial charge in [-0.25, -0.2) is 0 Å². The Bertz CT molecular complexity index is 151. The van der Waals surface area contributed by atoms with E-state index in [1.54, 1.807) is 0 Å². The summed E-state index contributed by atoms with van der Waals surface area (Å²) in [6.07, 6.45) is 0.409. The largest absolute Gasteiger partial charge is 0.481 e. The fourth-order valence-corrected chi connectivity index (χ4v) is 0.491. The molecule has 4 nitrogen and oxygen atoms in total. The average Bonchev–Trinajstić information content (AvgIpc) is 2.42. The summed E-state index contributed by atoms with van der Waals surface area (Å²) in [7, 11) is 0. The van der Waals surface area contributed by atoms with E-state index < -0.39 is 11.9 Å². The van der Waals surface area contributed by atoms with Crippen LogP contribution in [0.5, 0.6) is 0 Å². The van der Waals surface area contributed by atoms with Crippen molar-refractivity contribution in [1.82, 2.24) is 0 Å². The number of carboxylic acids is 1. The van der Waals surface area contributed by atoms with E-state index in [0.717, 1.165) is 0 Å². The summed E-state index contributed by atoms with van der Waals surface area (Å²) in [5.41, 5.74) is 0.373. The third-order valence-electron chi connectivity index (χ3n) is 1.08. The van der Waals surface area contributed by atoms with E-state index in [2.05, 4.69) is 5.16 Å². The molecule has 0 aromatic rings. The van der Waals surface area contributed by atoms with Crippen LogP contribution in [0.1, 0.15) is 6.42 Å². The second-order valence-electron chi connectivity index (χ2n) is 1.69. The third-order valence-corrected chi connectivity index (χ3v) is 1.08. The minimum absolute atomic E-state index is 0.373. The fraction of sp³-hybridized carbons (Fsp3) is 0.500. The van der Waals surface area contributed by atoms with Gasteiger partial charge in [-0.05, 0) is 0 Å². The molecule has 4 heteroatoms. The molecule has 0 amide bonds. The molecule has 44 valence electrons. The molecule has 0 aliphatic heterocycles. The number of carbonyl (C=O) groups is 1. The van der Waals surface area contributed by atoms with Gasteiger partial charge in [-0.15, -0.1) is 0 Å². The van der Waals surface area contributed by atoms with Crippen LogP contribution in [0, 0.1) is 5.92 Å². The summed E-state index contributed by atoms with van der Waals surface area (Å²) < 4.78 is 0. The van der Waals surface area contributed by atoms with E-state index in [9.17, 15) is 4.79 Å². The number of aliphatic carboxylic acids is 1. The number of nitrogens with zero attached hydrogens (tertiary/aromatic N) is 1. The van der Waals surface area contributed by atoms with E-state index >= 15 is 0 Å². The van der Waals surface area contributed by atoms with E-state index in [1.165, 1.54) is 0 Å². The lowest BCUT2D eigenvalue weighted by Crippen LogP contribution is -1.98. The summed E-state index contributed by atoms with van der Waals surface area (Å²) in [6, 6.07) is 0. The predicted octanol–water partition coefficient (Wildman–Crippen LogP) is -0.0789. The van der Waals surface area contributed by atoms with E-state index in [4.69, 9.17) is 10.3 Å². The first-order valence-corrected chi connectivity index (χ1v) is 2.19. The van der Waals surface area contributed by atoms with Crippen LogP contribution in [-0.2, 0) is 4.79 Å². The van der Waals surface area contributed by atoms with Crippen LogP contribution in [0.25, 0.3) is 0 Å². The minimum atomic E-state index is -0.905. The highest BCUT2D eigenvalue weighted by Crippen LogP contribution is 2.25. The van der Waals surface area contributed by atoms with Crippen LogP contribution in [0.15, 0.2) is 5.16 Å². The van der Waals surface area contributed by atoms with Gasteiger partial charge >= 0.3 is 5.97 Å². The SMILES string of the molecule is O=C(O)C1C/C1=N\O. The van der Waals surface area contributed by atoms with Crippen LogP contribution in [0.3, 0.4) is 0 Å². The lowest BCUT2D eigenvalue weighted by molar-refractivity contribution is -0.137. The molecular formula is C4H5NO3. The van der Waals surface area contributed by atoms with Gasteiger partial charge < -0.3 is 10.3 Å². The molecule has 1 atom stereocenters. The van der Waals surface area contributed by atoms with Crippen molar-refractivity contribution in [3.8, 4) is 0 Å². The first-order valence-electron chi connectivity index (χ1n) is 2.19. The Labute approximate surface area is 45.4 Å². The van der Waals surface area contributed by atoms with Crippen LogP contribution >= 0.6 is 0 Å². The molecule has 0 bridgehead atoms. The number of hydrogen-bond acceptors (Lipinski definition) is 3. The number of carboxylic acid groups (broad SMARTS) is 1. The van der Waals surface area contributed by atoms with Crippen molar-refractivity contribution in [1.29, 1.82) is 0 Å². The molecule has 0 aromatic carbocycles. The van der Waals surface area contributed by atoms with Crippen molar-refractivity contribution in [3.63, 3.8) is 0 Å². The zero-order valence-electron chi connectivity index (χ0n) is 4.03. The van der Waals surface area contributed by atoms with Crippen LogP contribution < -0.4 is 0 Å². The maximum Gasteiger partial charge on any atom is 0.312 e. The first-order chi connectivity index (χ1) is 3.75. The molecule has 2 N–H and O–H groups in total. The van der Waals surface area contributed by atoms with E-state index in [0.29, 0.717) is 12.1 Å². The molecule has 1 saturated carbocycles. The van der Waals surface area contributed by atoms with Crippen molar-refractivity contribution in [2.24, 2.45) is 11.1 Å². The quantitative estimate of drug-likeness (QED) is 0.371. The Morgan fingerprint density at radius 3 is 2.62 bits per heavy atom. The van der Waals surface area contributed by atoms with Crippen LogP contribution in [-0.4, -0.2) is 22.0 Å². The highest BCUT2D eigenvalue weighted by atomic mass is 16.4. The van der Waals surface area contributed by atoms with Gasteiger partial charge in [0.25, 0.3) is 0 Å². The van der Waals surface area contributed by atoms with Gasteiger partial charge in [-0.1, -0.05) is 5.16 Å². The highest BCUT2D eigenvalue weighted by Gasteiger charge is 2.39. The zero-order valence-corrected chi connectivity index (χ0v) is 4.03. The number of hydrogen-bond donors (Lipinski definition) is 2. The summed E-state index contributed by atoms with van der Waals surface area (Å²) in [5.74, 6) is -1.40. The Kier molecular flexibility index (Phi) is 0.932. The maximum atomic E-state index is 9.94. The first kappa shape index (κ1) is 5.08. The van der Waals surface area contributed by atoms with Gasteiger partial charge in [0.15, 0.2) is 0 Å². The molecule has 1 fully saturated rings. The monoisotopic (exact) mass is 115 g/mol. The summed E-state index contributed by atoms with van der Waals surface area (Å²) in [5, 5.41) is 18.9. The molecule has 0 aromatic heterocycles. The average molecular weight is 115 g/mol. The fourth-order valence-electron chi connectivity index (χ4n) is 0.491. The Morgan fingerprint density at radius 2 is 2.50 bits per heavy atom. The lowest BCUT2D eigenvalue weighted by atomic mass is 10.4. The topological polar surface area (TPSA) is 69.9 Å². The van der Waals surface area contributed by atoms with Gasteiger partial charge in [0.05, 0.1) is 5.71 Å². The second-order valence-corrected chi connectivity index (χ2v) is 1.69. The molecule has 1 aliphatic carbocycles. The minimum Gasteiger partial charge on any atom is -0.481 e. The molecule has 0 saturated heterocycles. The number of oxime groups is 1.